The van der Waals surface area contributed by atoms with Gasteiger partial charge in [0, 0.05) is 10.6 Å². The summed E-state index contributed by atoms with van der Waals surface area (Å²) < 4.78 is 13.0. The molecular weight excluding hydrogens is 496 g/mol. The number of ether oxygens (including phenoxy) is 2. The van der Waals surface area contributed by atoms with Crippen molar-refractivity contribution in [3.8, 4) is 5.75 Å². The van der Waals surface area contributed by atoms with Gasteiger partial charge in [0.05, 0.1) is 35.6 Å². The van der Waals surface area contributed by atoms with Gasteiger partial charge in [-0.15, -0.1) is 0 Å². The Balaban J connectivity index is 1.78. The Labute approximate surface area is 216 Å². The van der Waals surface area contributed by atoms with E-state index in [1.807, 2.05) is 54.6 Å². The van der Waals surface area contributed by atoms with Gasteiger partial charge in [-0.2, -0.15) is 0 Å². The van der Waals surface area contributed by atoms with E-state index < -0.39 is 12.0 Å². The van der Waals surface area contributed by atoms with Crippen LogP contribution in [0.2, 0.25) is 5.02 Å². The highest BCUT2D eigenvalue weighted by molar-refractivity contribution is 7.07. The number of aromatic nitrogens is 1. The number of nitrogens with zero attached hydrogens (tertiary/aromatic N) is 2. The predicted octanol–water partition coefficient (Wildman–Crippen LogP) is 4.61. The van der Waals surface area contributed by atoms with Gasteiger partial charge in [0.25, 0.3) is 5.56 Å². The molecular formula is C28H23ClN2O4S. The van der Waals surface area contributed by atoms with Gasteiger partial charge in [0.1, 0.15) is 5.75 Å². The number of hydrogen-bond donors (Lipinski definition) is 0. The molecule has 0 bridgehead atoms. The van der Waals surface area contributed by atoms with Gasteiger partial charge in [0.15, 0.2) is 4.80 Å². The van der Waals surface area contributed by atoms with E-state index in [-0.39, 0.29) is 12.2 Å². The average Bonchev–Trinajstić information content (AvgIpc) is 3.18. The van der Waals surface area contributed by atoms with Gasteiger partial charge < -0.3 is 9.47 Å². The number of allylic oxidation sites excluding steroid dienone is 1. The molecule has 8 heteroatoms. The predicted molar refractivity (Wildman–Crippen MR) is 142 cm³/mol. The summed E-state index contributed by atoms with van der Waals surface area (Å²) in [5, 5.41) is 2.57. The quantitative estimate of drug-likeness (QED) is 0.362. The summed E-state index contributed by atoms with van der Waals surface area (Å²) in [6.45, 7) is 3.73. The highest BCUT2D eigenvalue weighted by Crippen LogP contribution is 2.32. The van der Waals surface area contributed by atoms with E-state index in [0.29, 0.717) is 31.4 Å². The van der Waals surface area contributed by atoms with E-state index in [4.69, 9.17) is 21.1 Å². The molecule has 4 aromatic rings. The SMILES string of the molecule is CCOC(=O)C1=C(C)N=c2s/c(=C\c3c(OC)ccc4ccccc34)c(=O)n2[C@@H]1c1ccc(Cl)cc1. The Hall–Kier alpha value is -3.68. The van der Waals surface area contributed by atoms with E-state index in [1.165, 1.54) is 11.3 Å². The number of hydrogen-bond acceptors (Lipinski definition) is 6. The smallest absolute Gasteiger partial charge is 0.338 e. The molecule has 1 atom stereocenters. The van der Waals surface area contributed by atoms with Gasteiger partial charge in [-0.1, -0.05) is 65.4 Å². The molecule has 2 heterocycles. The van der Waals surface area contributed by atoms with Crippen molar-refractivity contribution in [2.24, 2.45) is 4.99 Å². The number of fused-ring (bicyclic) bond motifs is 2. The molecule has 1 aliphatic rings. The van der Waals surface area contributed by atoms with Gasteiger partial charge in [-0.3, -0.25) is 9.36 Å². The van der Waals surface area contributed by atoms with E-state index >= 15 is 0 Å². The fourth-order valence-electron chi connectivity index (χ4n) is 4.49. The molecule has 1 aromatic heterocycles. The molecule has 6 nitrogen and oxygen atoms in total. The van der Waals surface area contributed by atoms with E-state index in [0.717, 1.165) is 21.9 Å². The molecule has 1 aliphatic heterocycles. The monoisotopic (exact) mass is 518 g/mol. The highest BCUT2D eigenvalue weighted by atomic mass is 35.5. The summed E-state index contributed by atoms with van der Waals surface area (Å²) in [5.41, 5.74) is 2.16. The van der Waals surface area contributed by atoms with Crippen LogP contribution >= 0.6 is 22.9 Å². The molecule has 0 aliphatic carbocycles. The fourth-order valence-corrected chi connectivity index (χ4v) is 5.64. The lowest BCUT2D eigenvalue weighted by Crippen LogP contribution is -2.39. The molecule has 0 unspecified atom stereocenters. The molecule has 0 saturated heterocycles. The number of carbonyl (C=O) groups is 1. The number of carbonyl (C=O) groups excluding carboxylic acids is 1. The Bertz CT molecular complexity index is 1700. The van der Waals surface area contributed by atoms with Gasteiger partial charge >= 0.3 is 5.97 Å². The number of benzene rings is 3. The van der Waals surface area contributed by atoms with Crippen molar-refractivity contribution >= 4 is 45.8 Å². The minimum Gasteiger partial charge on any atom is -0.496 e. The molecule has 0 fully saturated rings. The number of esters is 1. The second-order valence-corrected chi connectivity index (χ2v) is 9.70. The van der Waals surface area contributed by atoms with Crippen molar-refractivity contribution in [3.63, 3.8) is 0 Å². The van der Waals surface area contributed by atoms with Crippen molar-refractivity contribution in [2.75, 3.05) is 13.7 Å². The van der Waals surface area contributed by atoms with E-state index in [2.05, 4.69) is 4.99 Å². The zero-order chi connectivity index (χ0) is 25.4. The third kappa shape index (κ3) is 4.14. The fraction of sp³-hybridized carbons (Fsp3) is 0.179. The maximum absolute atomic E-state index is 13.9. The summed E-state index contributed by atoms with van der Waals surface area (Å²) in [4.78, 5) is 32.0. The molecule has 36 heavy (non-hydrogen) atoms. The van der Waals surface area contributed by atoms with Crippen LogP contribution in [-0.4, -0.2) is 24.3 Å². The Kier molecular flexibility index (Phi) is 6.51. The summed E-state index contributed by atoms with van der Waals surface area (Å²) in [5.74, 6) is 0.167. The van der Waals surface area contributed by atoms with Crippen LogP contribution < -0.4 is 19.6 Å². The number of methoxy groups -OCH3 is 1. The van der Waals surface area contributed by atoms with Gasteiger partial charge in [-0.25, -0.2) is 9.79 Å². The highest BCUT2D eigenvalue weighted by Gasteiger charge is 2.33. The molecule has 0 N–H and O–H groups in total. The standard InChI is InChI=1S/C28H23ClN2O4S/c1-4-35-27(33)24-16(2)30-28-31(25(24)18-9-12-19(29)13-10-18)26(32)23(36-28)15-21-20-8-6-5-7-17(20)11-14-22(21)34-3/h5-15,25H,4H2,1-3H3/b23-15-/t25-/m1/s1. The first kappa shape index (κ1) is 24.0. The summed E-state index contributed by atoms with van der Waals surface area (Å²) >= 11 is 7.40. The van der Waals surface area contributed by atoms with E-state index in [1.54, 1.807) is 37.7 Å². The number of rotatable bonds is 5. The van der Waals surface area contributed by atoms with Gasteiger partial charge in [0.2, 0.25) is 0 Å². The normalized spacial score (nSPS) is 15.6. The molecule has 182 valence electrons. The lowest BCUT2D eigenvalue weighted by atomic mass is 9.96. The molecule has 3 aromatic carbocycles. The van der Waals surface area contributed by atoms with Crippen LogP contribution in [0.5, 0.6) is 5.75 Å². The van der Waals surface area contributed by atoms with Crippen molar-refractivity contribution in [1.82, 2.24) is 4.57 Å². The first-order chi connectivity index (χ1) is 17.4. The van der Waals surface area contributed by atoms with Crippen molar-refractivity contribution in [1.29, 1.82) is 0 Å². The Morgan fingerprint density at radius 2 is 1.89 bits per heavy atom. The van der Waals surface area contributed by atoms with Crippen LogP contribution in [0.4, 0.5) is 0 Å². The molecule has 0 radical (unpaired) electrons. The third-order valence-corrected chi connectivity index (χ3v) is 7.36. The maximum Gasteiger partial charge on any atom is 0.338 e. The maximum atomic E-state index is 13.9. The molecule has 0 amide bonds. The Morgan fingerprint density at radius 1 is 1.14 bits per heavy atom. The Morgan fingerprint density at radius 3 is 2.61 bits per heavy atom. The summed E-state index contributed by atoms with van der Waals surface area (Å²) in [6, 6.07) is 18.3. The zero-order valence-corrected chi connectivity index (χ0v) is 21.5. The first-order valence-electron chi connectivity index (χ1n) is 11.4. The molecule has 0 spiro atoms. The largest absolute Gasteiger partial charge is 0.496 e. The number of thiazole rings is 1. The van der Waals surface area contributed by atoms with Crippen LogP contribution in [0.25, 0.3) is 16.8 Å². The minimum atomic E-state index is -0.686. The van der Waals surface area contributed by atoms with Crippen molar-refractivity contribution < 1.29 is 14.3 Å². The second-order valence-electron chi connectivity index (χ2n) is 8.26. The molecule has 5 rings (SSSR count). The van der Waals surface area contributed by atoms with Gasteiger partial charge in [-0.05, 0) is 54.5 Å². The van der Waals surface area contributed by atoms with Crippen LogP contribution in [0.15, 0.2) is 81.7 Å². The van der Waals surface area contributed by atoms with Crippen LogP contribution in [-0.2, 0) is 9.53 Å². The molecule has 0 saturated carbocycles. The van der Waals surface area contributed by atoms with Crippen molar-refractivity contribution in [3.05, 3.63) is 108 Å². The van der Waals surface area contributed by atoms with E-state index in [9.17, 15) is 9.59 Å². The van der Waals surface area contributed by atoms with Crippen molar-refractivity contribution in [2.45, 2.75) is 19.9 Å². The number of halogens is 1. The summed E-state index contributed by atoms with van der Waals surface area (Å²) in [6.07, 6.45) is 1.84. The van der Waals surface area contributed by atoms with Crippen LogP contribution in [0, 0.1) is 0 Å². The lowest BCUT2D eigenvalue weighted by Gasteiger charge is -2.24. The van der Waals surface area contributed by atoms with Crippen LogP contribution in [0.1, 0.15) is 31.0 Å². The summed E-state index contributed by atoms with van der Waals surface area (Å²) in [7, 11) is 1.61. The first-order valence-corrected chi connectivity index (χ1v) is 12.6. The second kappa shape index (κ2) is 9.76. The van der Waals surface area contributed by atoms with Crippen LogP contribution in [0.3, 0.4) is 0 Å². The zero-order valence-electron chi connectivity index (χ0n) is 19.9. The lowest BCUT2D eigenvalue weighted by molar-refractivity contribution is -0.139. The average molecular weight is 519 g/mol. The topological polar surface area (TPSA) is 69.9 Å². The third-order valence-electron chi connectivity index (χ3n) is 6.13. The minimum absolute atomic E-state index is 0.217.